The molecule has 8 heteroatoms. The van der Waals surface area contributed by atoms with Crippen molar-refractivity contribution in [3.05, 3.63) is 52.7 Å². The lowest BCUT2D eigenvalue weighted by Gasteiger charge is -2.03. The molecule has 0 fully saturated rings. The highest BCUT2D eigenvalue weighted by molar-refractivity contribution is 7.91. The Kier molecular flexibility index (Phi) is 5.45. The SMILES string of the molecule is COc1ccc(-c2nc(CCNS(=O)(=O)c3ccc(C)s3)c(C)o2)cc1. The Hall–Kier alpha value is -2.16. The molecule has 0 radical (unpaired) electrons. The van der Waals surface area contributed by atoms with Crippen molar-refractivity contribution in [2.75, 3.05) is 13.7 Å². The van der Waals surface area contributed by atoms with Crippen LogP contribution in [0, 0.1) is 13.8 Å². The molecule has 3 rings (SSSR count). The summed E-state index contributed by atoms with van der Waals surface area (Å²) in [5, 5.41) is 0. The smallest absolute Gasteiger partial charge is 0.250 e. The average Bonchev–Trinajstić information content (AvgIpc) is 3.22. The molecule has 3 aromatic rings. The van der Waals surface area contributed by atoms with Crippen molar-refractivity contribution in [1.82, 2.24) is 9.71 Å². The first-order chi connectivity index (χ1) is 12.4. The molecular weight excluding hydrogens is 372 g/mol. The van der Waals surface area contributed by atoms with Crippen LogP contribution in [0.5, 0.6) is 5.75 Å². The maximum Gasteiger partial charge on any atom is 0.250 e. The molecule has 0 saturated heterocycles. The Bertz CT molecular complexity index is 989. The summed E-state index contributed by atoms with van der Waals surface area (Å²) in [7, 11) is -1.87. The van der Waals surface area contributed by atoms with Gasteiger partial charge in [0.2, 0.25) is 15.9 Å². The zero-order valence-corrected chi connectivity index (χ0v) is 16.4. The molecule has 0 amide bonds. The van der Waals surface area contributed by atoms with Crippen LogP contribution in [-0.4, -0.2) is 27.1 Å². The summed E-state index contributed by atoms with van der Waals surface area (Å²) < 4.78 is 38.3. The molecule has 2 aromatic heterocycles. The number of methoxy groups -OCH3 is 1. The number of benzene rings is 1. The van der Waals surface area contributed by atoms with Gasteiger partial charge < -0.3 is 9.15 Å². The van der Waals surface area contributed by atoms with Gasteiger partial charge in [-0.15, -0.1) is 11.3 Å². The minimum Gasteiger partial charge on any atom is -0.497 e. The van der Waals surface area contributed by atoms with Gasteiger partial charge in [0.1, 0.15) is 15.7 Å². The van der Waals surface area contributed by atoms with Gasteiger partial charge in [0.25, 0.3) is 0 Å². The number of hydrogen-bond donors (Lipinski definition) is 1. The van der Waals surface area contributed by atoms with Crippen molar-refractivity contribution in [3.63, 3.8) is 0 Å². The molecule has 0 bridgehead atoms. The minimum absolute atomic E-state index is 0.259. The molecule has 138 valence electrons. The number of nitrogens with zero attached hydrogens (tertiary/aromatic N) is 1. The average molecular weight is 393 g/mol. The van der Waals surface area contributed by atoms with E-state index < -0.39 is 10.0 Å². The van der Waals surface area contributed by atoms with Crippen molar-refractivity contribution >= 4 is 21.4 Å². The maximum absolute atomic E-state index is 12.3. The largest absolute Gasteiger partial charge is 0.497 e. The van der Waals surface area contributed by atoms with Crippen LogP contribution in [-0.2, 0) is 16.4 Å². The first kappa shape index (κ1) is 18.6. The number of aromatic nitrogens is 1. The van der Waals surface area contributed by atoms with Gasteiger partial charge in [0.15, 0.2) is 0 Å². The van der Waals surface area contributed by atoms with E-state index in [4.69, 9.17) is 9.15 Å². The molecule has 6 nitrogen and oxygen atoms in total. The van der Waals surface area contributed by atoms with Gasteiger partial charge >= 0.3 is 0 Å². The molecule has 0 aliphatic carbocycles. The summed E-state index contributed by atoms with van der Waals surface area (Å²) in [5.74, 6) is 1.95. The fraction of sp³-hybridized carbons (Fsp3) is 0.278. The van der Waals surface area contributed by atoms with Crippen LogP contribution in [0.1, 0.15) is 16.3 Å². The quantitative estimate of drug-likeness (QED) is 0.665. The van der Waals surface area contributed by atoms with Crippen molar-refractivity contribution in [1.29, 1.82) is 0 Å². The number of hydrogen-bond acceptors (Lipinski definition) is 6. The number of aryl methyl sites for hydroxylation is 2. The van der Waals surface area contributed by atoms with E-state index in [0.717, 1.165) is 21.9 Å². The summed E-state index contributed by atoms with van der Waals surface area (Å²) in [6, 6.07) is 10.8. The predicted molar refractivity (Wildman–Crippen MR) is 101 cm³/mol. The lowest BCUT2D eigenvalue weighted by atomic mass is 10.2. The van der Waals surface area contributed by atoms with Crippen LogP contribution >= 0.6 is 11.3 Å². The van der Waals surface area contributed by atoms with Crippen molar-refractivity contribution < 1.29 is 17.6 Å². The topological polar surface area (TPSA) is 81.4 Å². The van der Waals surface area contributed by atoms with Gasteiger partial charge in [-0.1, -0.05) is 0 Å². The number of ether oxygens (including phenoxy) is 1. The third-order valence-electron chi connectivity index (χ3n) is 3.86. The van der Waals surface area contributed by atoms with Crippen LogP contribution in [0.4, 0.5) is 0 Å². The first-order valence-electron chi connectivity index (χ1n) is 8.06. The predicted octanol–water partition coefficient (Wildman–Crippen LogP) is 3.55. The van der Waals surface area contributed by atoms with Crippen LogP contribution in [0.3, 0.4) is 0 Å². The van der Waals surface area contributed by atoms with Gasteiger partial charge in [-0.2, -0.15) is 0 Å². The summed E-state index contributed by atoms with van der Waals surface area (Å²) in [4.78, 5) is 5.45. The number of nitrogens with one attached hydrogen (secondary N) is 1. The Labute approximate surface area is 156 Å². The van der Waals surface area contributed by atoms with E-state index in [1.807, 2.05) is 38.1 Å². The second kappa shape index (κ2) is 7.61. The van der Waals surface area contributed by atoms with E-state index in [0.29, 0.717) is 22.3 Å². The lowest BCUT2D eigenvalue weighted by molar-refractivity contribution is 0.415. The molecule has 2 heterocycles. The number of sulfonamides is 1. The zero-order chi connectivity index (χ0) is 18.7. The van der Waals surface area contributed by atoms with Crippen LogP contribution in [0.15, 0.2) is 45.0 Å². The normalized spacial score (nSPS) is 11.7. The summed E-state index contributed by atoms with van der Waals surface area (Å²) in [6.07, 6.45) is 0.453. The lowest BCUT2D eigenvalue weighted by Crippen LogP contribution is -2.25. The monoisotopic (exact) mass is 392 g/mol. The Balaban J connectivity index is 1.66. The molecule has 0 atom stereocenters. The van der Waals surface area contributed by atoms with Crippen LogP contribution in [0.25, 0.3) is 11.5 Å². The molecule has 1 N–H and O–H groups in total. The van der Waals surface area contributed by atoms with E-state index in [2.05, 4.69) is 9.71 Å². The molecule has 26 heavy (non-hydrogen) atoms. The molecule has 0 aliphatic heterocycles. The van der Waals surface area contributed by atoms with Crippen molar-refractivity contribution in [2.24, 2.45) is 0 Å². The number of oxazole rings is 1. The second-order valence-corrected chi connectivity index (χ2v) is 9.04. The first-order valence-corrected chi connectivity index (χ1v) is 10.4. The molecule has 0 unspecified atom stereocenters. The van der Waals surface area contributed by atoms with Crippen molar-refractivity contribution in [2.45, 2.75) is 24.5 Å². The maximum atomic E-state index is 12.3. The van der Waals surface area contributed by atoms with E-state index in [-0.39, 0.29) is 6.54 Å². The standard InChI is InChI=1S/C18H20N2O4S2/c1-12-4-9-17(25-12)26(21,22)19-11-10-16-13(2)24-18(20-16)14-5-7-15(23-3)8-6-14/h4-9,19H,10-11H2,1-3H3. The number of rotatable bonds is 7. The van der Waals surface area contributed by atoms with Crippen LogP contribution in [0.2, 0.25) is 0 Å². The third-order valence-corrected chi connectivity index (χ3v) is 6.82. The van der Waals surface area contributed by atoms with Gasteiger partial charge in [-0.25, -0.2) is 18.1 Å². The van der Waals surface area contributed by atoms with Gasteiger partial charge in [-0.3, -0.25) is 0 Å². The number of thiophene rings is 1. The van der Waals surface area contributed by atoms with E-state index in [9.17, 15) is 8.42 Å². The highest BCUT2D eigenvalue weighted by Crippen LogP contribution is 2.24. The van der Waals surface area contributed by atoms with Crippen LogP contribution < -0.4 is 9.46 Å². The Morgan fingerprint density at radius 1 is 1.15 bits per heavy atom. The van der Waals surface area contributed by atoms with Crippen molar-refractivity contribution in [3.8, 4) is 17.2 Å². The molecule has 0 saturated carbocycles. The van der Waals surface area contributed by atoms with E-state index in [1.165, 1.54) is 11.3 Å². The fourth-order valence-corrected chi connectivity index (χ4v) is 4.81. The second-order valence-electron chi connectivity index (χ2n) is 5.76. The molecular formula is C18H20N2O4S2. The minimum atomic E-state index is -3.48. The molecule has 0 spiro atoms. The zero-order valence-electron chi connectivity index (χ0n) is 14.8. The van der Waals surface area contributed by atoms with Gasteiger partial charge in [0, 0.05) is 23.4 Å². The summed E-state index contributed by atoms with van der Waals surface area (Å²) in [6.45, 7) is 3.96. The Morgan fingerprint density at radius 2 is 1.88 bits per heavy atom. The molecule has 1 aromatic carbocycles. The summed E-state index contributed by atoms with van der Waals surface area (Å²) in [5.41, 5.74) is 1.58. The highest BCUT2D eigenvalue weighted by Gasteiger charge is 2.17. The van der Waals surface area contributed by atoms with Gasteiger partial charge in [-0.05, 0) is 50.2 Å². The molecule has 0 aliphatic rings. The van der Waals surface area contributed by atoms with E-state index in [1.54, 1.807) is 19.2 Å². The Morgan fingerprint density at radius 3 is 2.50 bits per heavy atom. The third kappa shape index (κ3) is 4.14. The summed E-state index contributed by atoms with van der Waals surface area (Å²) >= 11 is 1.25. The van der Waals surface area contributed by atoms with E-state index >= 15 is 0 Å². The fourth-order valence-electron chi connectivity index (χ4n) is 2.45. The highest BCUT2D eigenvalue weighted by atomic mass is 32.2. The van der Waals surface area contributed by atoms with Gasteiger partial charge in [0.05, 0.1) is 12.8 Å².